The Labute approximate surface area is 337 Å². The van der Waals surface area contributed by atoms with E-state index in [-0.39, 0.29) is 31.7 Å². The van der Waals surface area contributed by atoms with Crippen molar-refractivity contribution in [3.05, 3.63) is 51.8 Å². The summed E-state index contributed by atoms with van der Waals surface area (Å²) in [6, 6.07) is 3.11. The second-order valence-corrected chi connectivity index (χ2v) is 15.5. The zero-order valence-corrected chi connectivity index (χ0v) is 33.4. The molecule has 3 amide bonds. The molecule has 326 valence electrons. The molecule has 9 atom stereocenters. The average molecular weight is 826 g/mol. The summed E-state index contributed by atoms with van der Waals surface area (Å²) >= 11 is 0. The number of ether oxygens (including phenoxy) is 6. The van der Waals surface area contributed by atoms with Gasteiger partial charge < -0.3 is 70.1 Å². The van der Waals surface area contributed by atoms with Gasteiger partial charge in [-0.25, -0.2) is 9.59 Å². The van der Waals surface area contributed by atoms with Crippen LogP contribution in [0.25, 0.3) is 0 Å². The normalized spacial score (nSPS) is 24.9. The van der Waals surface area contributed by atoms with Crippen molar-refractivity contribution >= 4 is 23.8 Å². The Morgan fingerprint density at radius 2 is 1.74 bits per heavy atom. The van der Waals surface area contributed by atoms with E-state index in [2.05, 4.69) is 21.3 Å². The van der Waals surface area contributed by atoms with Crippen molar-refractivity contribution in [3.8, 4) is 0 Å². The number of hydrogen-bond acceptors (Lipinski definition) is 16. The number of carbonyl (C=O) groups is 3. The molecule has 0 unspecified atom stereocenters. The minimum absolute atomic E-state index is 0.142. The number of nitrogens with one attached hydrogen (secondary N) is 4. The smallest absolute Gasteiger partial charge is 0.407 e. The summed E-state index contributed by atoms with van der Waals surface area (Å²) in [6.45, 7) is 6.46. The first-order valence-electron chi connectivity index (χ1n) is 19.6. The molecule has 0 radical (unpaired) electrons. The van der Waals surface area contributed by atoms with Crippen LogP contribution in [-0.2, 0) is 39.8 Å². The van der Waals surface area contributed by atoms with Crippen LogP contribution >= 0.6 is 0 Å². The lowest BCUT2D eigenvalue weighted by Crippen LogP contribution is -2.67. The van der Waals surface area contributed by atoms with Crippen LogP contribution in [0.4, 0.5) is 15.3 Å². The van der Waals surface area contributed by atoms with Crippen molar-refractivity contribution in [2.75, 3.05) is 32.8 Å². The van der Waals surface area contributed by atoms with Crippen LogP contribution in [0.3, 0.4) is 0 Å². The molecule has 20 heteroatoms. The predicted octanol–water partition coefficient (Wildman–Crippen LogP) is 1.22. The molecule has 0 aromatic heterocycles. The molecule has 1 aromatic carbocycles. The highest BCUT2D eigenvalue weighted by Gasteiger charge is 2.50. The summed E-state index contributed by atoms with van der Waals surface area (Å²) in [7, 11) is 0. The number of allylic oxidation sites excluding steroid dienone is 1. The van der Waals surface area contributed by atoms with Crippen molar-refractivity contribution in [1.82, 2.24) is 21.3 Å². The molecule has 0 saturated heterocycles. The molecule has 4 rings (SSSR count). The van der Waals surface area contributed by atoms with Gasteiger partial charge in [-0.3, -0.25) is 14.9 Å². The maximum absolute atomic E-state index is 13.4. The lowest BCUT2D eigenvalue weighted by atomic mass is 9.83. The monoisotopic (exact) mass is 825 g/mol. The number of carbonyl (C=O) groups excluding carboxylic acids is 3. The lowest BCUT2D eigenvalue weighted by Gasteiger charge is -2.46. The molecular formula is C38H59N5O15. The number of nitro groups is 1. The number of aliphatic hydroxyl groups excluding tert-OH is 4. The predicted molar refractivity (Wildman–Crippen MR) is 204 cm³/mol. The van der Waals surface area contributed by atoms with E-state index in [1.807, 2.05) is 6.08 Å². The zero-order valence-electron chi connectivity index (χ0n) is 33.4. The van der Waals surface area contributed by atoms with Crippen LogP contribution in [0.1, 0.15) is 71.8 Å². The number of benzene rings is 1. The van der Waals surface area contributed by atoms with Gasteiger partial charge in [0.05, 0.1) is 43.3 Å². The molecule has 0 spiro atoms. The highest BCUT2D eigenvalue weighted by atomic mass is 16.7. The molecule has 8 N–H and O–H groups in total. The van der Waals surface area contributed by atoms with Crippen LogP contribution in [0.5, 0.6) is 0 Å². The van der Waals surface area contributed by atoms with Gasteiger partial charge in [-0.1, -0.05) is 6.92 Å². The summed E-state index contributed by atoms with van der Waals surface area (Å²) in [5.41, 5.74) is -0.523. The number of nitrogens with zero attached hydrogens (tertiary/aromatic N) is 1. The van der Waals surface area contributed by atoms with Gasteiger partial charge in [-0.05, 0) is 89.1 Å². The first-order chi connectivity index (χ1) is 27.6. The van der Waals surface area contributed by atoms with E-state index in [0.29, 0.717) is 36.6 Å². The summed E-state index contributed by atoms with van der Waals surface area (Å²) in [6.07, 6.45) is -6.22. The molecule has 2 saturated carbocycles. The Morgan fingerprint density at radius 3 is 2.38 bits per heavy atom. The fourth-order valence-electron chi connectivity index (χ4n) is 6.28. The van der Waals surface area contributed by atoms with Crippen molar-refractivity contribution in [2.24, 2.45) is 5.92 Å². The fourth-order valence-corrected chi connectivity index (χ4v) is 6.28. The van der Waals surface area contributed by atoms with Gasteiger partial charge in [-0.15, -0.1) is 0 Å². The van der Waals surface area contributed by atoms with Gasteiger partial charge in [0.25, 0.3) is 11.6 Å². The molecule has 1 heterocycles. The van der Waals surface area contributed by atoms with E-state index < -0.39 is 97.0 Å². The number of amides is 3. The molecule has 58 heavy (non-hydrogen) atoms. The lowest BCUT2D eigenvalue weighted by molar-refractivity contribution is -0.384. The maximum Gasteiger partial charge on any atom is 0.407 e. The van der Waals surface area contributed by atoms with Crippen molar-refractivity contribution in [2.45, 2.75) is 134 Å². The highest BCUT2D eigenvalue weighted by Crippen LogP contribution is 2.32. The van der Waals surface area contributed by atoms with Gasteiger partial charge in [0, 0.05) is 18.6 Å². The molecule has 0 bridgehead atoms. The van der Waals surface area contributed by atoms with Gasteiger partial charge in [-0.2, -0.15) is 0 Å². The van der Waals surface area contributed by atoms with Crippen molar-refractivity contribution in [1.29, 1.82) is 0 Å². The van der Waals surface area contributed by atoms with E-state index in [9.17, 15) is 44.9 Å². The third-order valence-corrected chi connectivity index (χ3v) is 9.46. The van der Waals surface area contributed by atoms with E-state index in [0.717, 1.165) is 6.54 Å². The highest BCUT2D eigenvalue weighted by molar-refractivity contribution is 5.82. The van der Waals surface area contributed by atoms with E-state index >= 15 is 0 Å². The Balaban J connectivity index is 1.57. The van der Waals surface area contributed by atoms with E-state index in [4.69, 9.17) is 28.4 Å². The van der Waals surface area contributed by atoms with Gasteiger partial charge in [0.15, 0.2) is 12.6 Å². The first kappa shape index (κ1) is 46.5. The topological polar surface area (TPSA) is 279 Å². The zero-order chi connectivity index (χ0) is 42.4. The third-order valence-electron chi connectivity index (χ3n) is 9.46. The SMILES string of the molecule is CC[C@@H](O)[C@H](OCCO)O[C@@H]1[C@@H](O)[C@H](O[C@@H]2CCC=C(CNCC3CC3)O2)[C@@H](NC(=O)OCc2ccc([N+](=O)[O-])cc2)C[C@H]1NC(=O)[C@H](O)CNC(=O)OC(C)(C)C. The number of rotatable bonds is 21. The Morgan fingerprint density at radius 1 is 1.03 bits per heavy atom. The van der Waals surface area contributed by atoms with E-state index in [1.54, 1.807) is 27.7 Å². The first-order valence-corrected chi connectivity index (χ1v) is 19.6. The molecule has 20 nitrogen and oxygen atoms in total. The van der Waals surface area contributed by atoms with Crippen LogP contribution in [0, 0.1) is 16.0 Å². The summed E-state index contributed by atoms with van der Waals surface area (Å²) < 4.78 is 34.9. The number of alkyl carbamates (subject to hydrolysis) is 2. The fraction of sp³-hybridized carbons (Fsp3) is 0.711. The van der Waals surface area contributed by atoms with E-state index in [1.165, 1.54) is 37.1 Å². The average Bonchev–Trinajstić information content (AvgIpc) is 4.01. The number of hydrogen-bond donors (Lipinski definition) is 8. The van der Waals surface area contributed by atoms with Crippen LogP contribution in [0.15, 0.2) is 36.1 Å². The minimum atomic E-state index is -1.80. The molecule has 2 fully saturated rings. The Hall–Kier alpha value is -4.15. The summed E-state index contributed by atoms with van der Waals surface area (Å²) in [4.78, 5) is 49.4. The molecule has 1 aromatic rings. The molecule has 2 aliphatic carbocycles. The van der Waals surface area contributed by atoms with Crippen LogP contribution < -0.4 is 21.3 Å². The minimum Gasteiger partial charge on any atom is -0.468 e. The maximum atomic E-state index is 13.4. The van der Waals surface area contributed by atoms with Crippen LogP contribution in [-0.4, -0.2) is 137 Å². The van der Waals surface area contributed by atoms with Crippen LogP contribution in [0.2, 0.25) is 0 Å². The molecular weight excluding hydrogens is 766 g/mol. The second-order valence-electron chi connectivity index (χ2n) is 15.5. The molecule has 3 aliphatic rings. The summed E-state index contributed by atoms with van der Waals surface area (Å²) in [5, 5.41) is 65.1. The number of non-ortho nitro benzene ring substituents is 1. The Bertz CT molecular complexity index is 1520. The number of aliphatic hydroxyl groups is 4. The van der Waals surface area contributed by atoms with Gasteiger partial charge in [0.1, 0.15) is 48.5 Å². The van der Waals surface area contributed by atoms with Crippen molar-refractivity contribution < 1.29 is 68.2 Å². The second kappa shape index (κ2) is 22.3. The largest absolute Gasteiger partial charge is 0.468 e. The quantitative estimate of drug-likeness (QED) is 0.0492. The number of nitro benzene ring substituents is 1. The Kier molecular flexibility index (Phi) is 17.9. The van der Waals surface area contributed by atoms with Gasteiger partial charge in [0.2, 0.25) is 0 Å². The third kappa shape index (κ3) is 15.2. The molecule has 1 aliphatic heterocycles. The van der Waals surface area contributed by atoms with Crippen molar-refractivity contribution in [3.63, 3.8) is 0 Å². The standard InChI is InChI=1S/C38H59N5O15/c1-5-28(45)35(53-16-15-44)57-33-26(41-34(48)29(46)20-40-36(49)58-38(2,3)4)17-27(42-37(50)54-21-23-11-13-24(14-12-23)43(51)52)32(31(33)47)56-30-8-6-7-25(55-30)19-39-18-22-9-10-22/h7,11-14,22,26-33,35,39,44-47H,5-6,8-10,15-21H2,1-4H3,(H,40,49)(H,41,48)(H,42,50)/t26-,27+,28-,29-,30-,31+,32-,33+,35-/m1/s1. The summed E-state index contributed by atoms with van der Waals surface area (Å²) in [5.74, 6) is 0.308. The van der Waals surface area contributed by atoms with Gasteiger partial charge >= 0.3 is 12.2 Å².